The number of hydrogen-bond acceptors (Lipinski definition) is 0. The van der Waals surface area contributed by atoms with Gasteiger partial charge < -0.3 is 0 Å². The minimum atomic E-state index is 0.281. The van der Waals surface area contributed by atoms with Crippen molar-refractivity contribution in [3.63, 3.8) is 0 Å². The average molecular weight is 260 g/mol. The van der Waals surface area contributed by atoms with Crippen LogP contribution in [0.1, 0.15) is 31.4 Å². The Kier molecular flexibility index (Phi) is 2.44. The SMILES string of the molecule is CC1(C)CC=CC2=c3ccc4c(c3CC=C21)CC=CC=4. The van der Waals surface area contributed by atoms with Crippen LogP contribution in [-0.2, 0) is 12.8 Å². The lowest BCUT2D eigenvalue weighted by Crippen LogP contribution is -2.30. The van der Waals surface area contributed by atoms with E-state index in [1.54, 1.807) is 11.1 Å². The van der Waals surface area contributed by atoms with Crippen LogP contribution in [0, 0.1) is 5.41 Å². The molecule has 3 aliphatic carbocycles. The van der Waals surface area contributed by atoms with Crippen molar-refractivity contribution in [2.45, 2.75) is 33.1 Å². The summed E-state index contributed by atoms with van der Waals surface area (Å²) < 4.78 is 0. The van der Waals surface area contributed by atoms with Gasteiger partial charge in [-0.3, -0.25) is 0 Å². The molecule has 0 saturated heterocycles. The van der Waals surface area contributed by atoms with Crippen molar-refractivity contribution < 1.29 is 0 Å². The minimum Gasteiger partial charge on any atom is -0.0830 e. The van der Waals surface area contributed by atoms with Gasteiger partial charge in [0, 0.05) is 0 Å². The second-order valence-electron chi connectivity index (χ2n) is 6.68. The highest BCUT2D eigenvalue weighted by molar-refractivity contribution is 5.78. The van der Waals surface area contributed by atoms with Crippen molar-refractivity contribution in [1.29, 1.82) is 0 Å². The molecule has 0 spiro atoms. The van der Waals surface area contributed by atoms with Crippen molar-refractivity contribution in [1.82, 2.24) is 0 Å². The summed E-state index contributed by atoms with van der Waals surface area (Å²) in [5, 5.41) is 2.87. The van der Waals surface area contributed by atoms with E-state index in [4.69, 9.17) is 0 Å². The van der Waals surface area contributed by atoms with E-state index in [0.717, 1.165) is 19.3 Å². The molecule has 100 valence electrons. The Hall–Kier alpha value is -1.82. The monoisotopic (exact) mass is 260 g/mol. The topological polar surface area (TPSA) is 0 Å². The molecule has 20 heavy (non-hydrogen) atoms. The van der Waals surface area contributed by atoms with Crippen LogP contribution in [0.25, 0.3) is 11.6 Å². The molecule has 0 bridgehead atoms. The molecular formula is C20H20. The van der Waals surface area contributed by atoms with Crippen molar-refractivity contribution in [2.75, 3.05) is 0 Å². The zero-order valence-electron chi connectivity index (χ0n) is 12.2. The third-order valence-electron chi connectivity index (χ3n) is 4.93. The smallest absolute Gasteiger partial charge is 0.00659 e. The maximum absolute atomic E-state index is 2.47. The van der Waals surface area contributed by atoms with E-state index in [1.807, 2.05) is 0 Å². The van der Waals surface area contributed by atoms with Crippen LogP contribution in [0.5, 0.6) is 0 Å². The fraction of sp³-hybridized carbons (Fsp3) is 0.300. The summed E-state index contributed by atoms with van der Waals surface area (Å²) in [5.41, 5.74) is 6.36. The zero-order valence-corrected chi connectivity index (χ0v) is 12.2. The summed E-state index contributed by atoms with van der Waals surface area (Å²) in [6.45, 7) is 4.73. The van der Waals surface area contributed by atoms with Crippen LogP contribution in [0.2, 0.25) is 0 Å². The molecule has 0 fully saturated rings. The first-order valence-corrected chi connectivity index (χ1v) is 7.56. The molecule has 0 nitrogen and oxygen atoms in total. The number of hydrogen-bond donors (Lipinski definition) is 0. The summed E-state index contributed by atoms with van der Waals surface area (Å²) in [4.78, 5) is 0. The highest BCUT2D eigenvalue weighted by atomic mass is 14.3. The summed E-state index contributed by atoms with van der Waals surface area (Å²) in [6.07, 6.45) is 17.2. The molecule has 4 rings (SSSR count). The van der Waals surface area contributed by atoms with Gasteiger partial charge in [-0.2, -0.15) is 0 Å². The minimum absolute atomic E-state index is 0.281. The van der Waals surface area contributed by atoms with Crippen molar-refractivity contribution in [3.05, 3.63) is 69.7 Å². The Balaban J connectivity index is 2.06. The molecule has 3 aliphatic rings. The Bertz CT molecular complexity index is 795. The number of benzene rings is 1. The fourth-order valence-electron chi connectivity index (χ4n) is 3.81. The maximum atomic E-state index is 2.47. The van der Waals surface area contributed by atoms with E-state index in [1.165, 1.54) is 21.6 Å². The summed E-state index contributed by atoms with van der Waals surface area (Å²) in [7, 11) is 0. The van der Waals surface area contributed by atoms with E-state index >= 15 is 0 Å². The Morgan fingerprint density at radius 3 is 2.80 bits per heavy atom. The molecule has 0 amide bonds. The zero-order chi connectivity index (χ0) is 13.7. The average Bonchev–Trinajstić information content (AvgIpc) is 2.46. The molecule has 0 atom stereocenters. The molecule has 1 aromatic carbocycles. The lowest BCUT2D eigenvalue weighted by atomic mass is 9.70. The van der Waals surface area contributed by atoms with Gasteiger partial charge in [-0.15, -0.1) is 0 Å². The fourth-order valence-corrected chi connectivity index (χ4v) is 3.81. The van der Waals surface area contributed by atoms with Gasteiger partial charge in [0.25, 0.3) is 0 Å². The van der Waals surface area contributed by atoms with Crippen LogP contribution in [0.4, 0.5) is 0 Å². The van der Waals surface area contributed by atoms with E-state index in [9.17, 15) is 0 Å². The van der Waals surface area contributed by atoms with Crippen LogP contribution in [0.15, 0.2) is 48.1 Å². The summed E-state index contributed by atoms with van der Waals surface area (Å²) >= 11 is 0. The second-order valence-corrected chi connectivity index (χ2v) is 6.68. The first-order chi connectivity index (χ1) is 9.67. The first-order valence-electron chi connectivity index (χ1n) is 7.56. The van der Waals surface area contributed by atoms with E-state index in [2.05, 4.69) is 62.4 Å². The Labute approximate surface area is 120 Å². The molecule has 0 radical (unpaired) electrons. The first kappa shape index (κ1) is 12.0. The van der Waals surface area contributed by atoms with Gasteiger partial charge in [-0.05, 0) is 57.4 Å². The van der Waals surface area contributed by atoms with Crippen molar-refractivity contribution in [3.8, 4) is 0 Å². The number of allylic oxidation sites excluding steroid dienone is 6. The highest BCUT2D eigenvalue weighted by Crippen LogP contribution is 2.41. The molecule has 0 heterocycles. The van der Waals surface area contributed by atoms with E-state index < -0.39 is 0 Å². The highest BCUT2D eigenvalue weighted by Gasteiger charge is 2.29. The Morgan fingerprint density at radius 1 is 1.00 bits per heavy atom. The number of fused-ring (bicyclic) bond motifs is 4. The molecule has 0 heteroatoms. The number of rotatable bonds is 0. The van der Waals surface area contributed by atoms with Gasteiger partial charge in [-0.25, -0.2) is 0 Å². The lowest BCUT2D eigenvalue weighted by Gasteiger charge is -2.34. The van der Waals surface area contributed by atoms with Gasteiger partial charge in [0.15, 0.2) is 0 Å². The van der Waals surface area contributed by atoms with Gasteiger partial charge in [0.2, 0.25) is 0 Å². The van der Waals surface area contributed by atoms with Crippen molar-refractivity contribution in [2.24, 2.45) is 5.41 Å². The largest absolute Gasteiger partial charge is 0.0830 e. The van der Waals surface area contributed by atoms with Gasteiger partial charge in [0.05, 0.1) is 0 Å². The Morgan fingerprint density at radius 2 is 1.90 bits per heavy atom. The van der Waals surface area contributed by atoms with Crippen LogP contribution < -0.4 is 10.4 Å². The molecule has 0 unspecified atom stereocenters. The van der Waals surface area contributed by atoms with Gasteiger partial charge >= 0.3 is 0 Å². The predicted molar refractivity (Wildman–Crippen MR) is 85.7 cm³/mol. The second kappa shape index (κ2) is 4.09. The quantitative estimate of drug-likeness (QED) is 0.672. The molecule has 0 N–H and O–H groups in total. The molecule has 1 aromatic rings. The summed E-state index contributed by atoms with van der Waals surface area (Å²) in [6, 6.07) is 4.63. The molecule has 0 saturated carbocycles. The lowest BCUT2D eigenvalue weighted by molar-refractivity contribution is 0.460. The van der Waals surface area contributed by atoms with Crippen LogP contribution >= 0.6 is 0 Å². The molecular weight excluding hydrogens is 240 g/mol. The predicted octanol–water partition coefficient (Wildman–Crippen LogP) is 3.20. The summed E-state index contributed by atoms with van der Waals surface area (Å²) in [5.74, 6) is 0. The van der Waals surface area contributed by atoms with Crippen molar-refractivity contribution >= 4 is 11.6 Å². The van der Waals surface area contributed by atoms with Gasteiger partial charge in [0.1, 0.15) is 0 Å². The normalized spacial score (nSPS) is 21.5. The van der Waals surface area contributed by atoms with Crippen LogP contribution in [0.3, 0.4) is 0 Å². The third-order valence-corrected chi connectivity index (χ3v) is 4.93. The van der Waals surface area contributed by atoms with E-state index in [-0.39, 0.29) is 5.41 Å². The van der Waals surface area contributed by atoms with Crippen LogP contribution in [-0.4, -0.2) is 0 Å². The maximum Gasteiger partial charge on any atom is -0.00659 e. The molecule has 0 aliphatic heterocycles. The standard InChI is InChI=1S/C20H20/c1-20(2)13-5-8-18-17-10-9-14-6-3-4-7-15(14)16(17)11-12-19(18)20/h3-6,8-10,12H,7,11,13H2,1-2H3. The van der Waals surface area contributed by atoms with Gasteiger partial charge in [-0.1, -0.05) is 62.4 Å². The van der Waals surface area contributed by atoms with E-state index in [0.29, 0.717) is 0 Å². The third kappa shape index (κ3) is 1.61. The molecule has 0 aromatic heterocycles.